The number of aryl methyl sites for hydroxylation is 2. The number of benzene rings is 2. The predicted molar refractivity (Wildman–Crippen MR) is 122 cm³/mol. The van der Waals surface area contributed by atoms with E-state index >= 15 is 0 Å². The van der Waals surface area contributed by atoms with Crippen molar-refractivity contribution in [1.82, 2.24) is 0 Å². The molecule has 0 radical (unpaired) electrons. The van der Waals surface area contributed by atoms with E-state index in [2.05, 4.69) is 31.2 Å². The molecule has 2 aromatic carbocycles. The first-order valence-corrected chi connectivity index (χ1v) is 10.8. The second-order valence-electron chi connectivity index (χ2n) is 9.82. The van der Waals surface area contributed by atoms with Gasteiger partial charge in [-0.3, -0.25) is 4.79 Å². The van der Waals surface area contributed by atoms with Crippen molar-refractivity contribution >= 4 is 23.3 Å². The summed E-state index contributed by atoms with van der Waals surface area (Å²) in [5, 5.41) is 7.42. The smallest absolute Gasteiger partial charge is 0.326 e. The van der Waals surface area contributed by atoms with Crippen LogP contribution in [0.25, 0.3) is 0 Å². The molecule has 2 bridgehead atoms. The summed E-state index contributed by atoms with van der Waals surface area (Å²) < 4.78 is 0. The van der Waals surface area contributed by atoms with Crippen LogP contribution >= 0.6 is 0 Å². The van der Waals surface area contributed by atoms with Crippen molar-refractivity contribution in [3.63, 3.8) is 0 Å². The second kappa shape index (κ2) is 7.33. The zero-order valence-electron chi connectivity index (χ0n) is 18.9. The Bertz CT molecular complexity index is 1050. The van der Waals surface area contributed by atoms with Crippen LogP contribution in [-0.4, -0.2) is 17.6 Å². The van der Waals surface area contributed by atoms with E-state index in [-0.39, 0.29) is 16.7 Å². The third kappa shape index (κ3) is 3.27. The van der Waals surface area contributed by atoms with Gasteiger partial charge in [0.2, 0.25) is 5.91 Å². The minimum atomic E-state index is -0.582. The molecule has 0 aliphatic heterocycles. The first-order valence-electron chi connectivity index (χ1n) is 10.8. The van der Waals surface area contributed by atoms with E-state index in [1.165, 1.54) is 0 Å². The zero-order valence-corrected chi connectivity index (χ0v) is 18.9. The fraction of sp³-hybridized carbons (Fsp3) is 0.423. The Morgan fingerprint density at radius 3 is 2.10 bits per heavy atom. The van der Waals surface area contributed by atoms with Gasteiger partial charge >= 0.3 is 5.97 Å². The fourth-order valence-electron chi connectivity index (χ4n) is 5.25. The molecule has 5 nitrogen and oxygen atoms in total. The molecule has 1 N–H and O–H groups in total. The number of nitrogens with zero attached hydrogens (tertiary/aromatic N) is 1. The van der Waals surface area contributed by atoms with Gasteiger partial charge in [0, 0.05) is 17.5 Å². The van der Waals surface area contributed by atoms with Crippen molar-refractivity contribution in [3.8, 4) is 0 Å². The summed E-state index contributed by atoms with van der Waals surface area (Å²) in [6, 6.07) is 15.1. The number of carbonyl (C=O) groups excluding carboxylic acids is 2. The van der Waals surface area contributed by atoms with E-state index in [9.17, 15) is 9.59 Å². The van der Waals surface area contributed by atoms with E-state index in [4.69, 9.17) is 4.84 Å². The summed E-state index contributed by atoms with van der Waals surface area (Å²) in [7, 11) is 0. The third-order valence-corrected chi connectivity index (χ3v) is 8.00. The van der Waals surface area contributed by atoms with Gasteiger partial charge in [-0.05, 0) is 56.4 Å². The largest absolute Gasteiger partial charge is 0.365 e. The molecule has 5 heteroatoms. The Labute approximate surface area is 183 Å². The standard InChI is InChI=1S/C26H30N2O3/c1-17-6-10-19(11-7-17)22(29)31-28-21-16-26(15-14-25(21,5)24(26,3)4)23(30)27-20-12-8-18(2)9-13-20/h6-13H,14-16H2,1-5H3,(H,27,30)/b28-21+. The molecule has 31 heavy (non-hydrogen) atoms. The molecular formula is C26H30N2O3. The second-order valence-corrected chi connectivity index (χ2v) is 9.82. The molecule has 0 aromatic heterocycles. The SMILES string of the molecule is Cc1ccc(NC(=O)C23CCC(C)(/C(=N/OC(=O)c4ccc(C)cc4)C2)C3(C)C)cc1. The number of fused-ring (bicyclic) bond motifs is 2. The van der Waals surface area contributed by atoms with Gasteiger partial charge in [-0.1, -0.05) is 61.3 Å². The molecular weight excluding hydrogens is 388 g/mol. The number of hydrogen-bond donors (Lipinski definition) is 1. The quantitative estimate of drug-likeness (QED) is 0.514. The van der Waals surface area contributed by atoms with Crippen LogP contribution < -0.4 is 5.32 Å². The van der Waals surface area contributed by atoms with Crippen LogP contribution in [0.2, 0.25) is 0 Å². The van der Waals surface area contributed by atoms with Crippen molar-refractivity contribution in [2.24, 2.45) is 21.4 Å². The summed E-state index contributed by atoms with van der Waals surface area (Å²) >= 11 is 0. The first-order chi connectivity index (χ1) is 14.6. The maximum Gasteiger partial charge on any atom is 0.365 e. The van der Waals surface area contributed by atoms with Gasteiger partial charge in [-0.2, -0.15) is 0 Å². The molecule has 0 saturated heterocycles. The minimum absolute atomic E-state index is 0.0140. The van der Waals surface area contributed by atoms with Crippen molar-refractivity contribution < 1.29 is 14.4 Å². The molecule has 0 spiro atoms. The zero-order chi connectivity index (χ0) is 22.4. The molecule has 2 aromatic rings. The van der Waals surface area contributed by atoms with E-state index < -0.39 is 11.4 Å². The monoisotopic (exact) mass is 418 g/mol. The lowest BCUT2D eigenvalue weighted by molar-refractivity contribution is -0.130. The maximum absolute atomic E-state index is 13.5. The fourth-order valence-corrected chi connectivity index (χ4v) is 5.25. The summed E-state index contributed by atoms with van der Waals surface area (Å²) in [6.07, 6.45) is 2.12. The number of oxime groups is 1. The average molecular weight is 419 g/mol. The highest BCUT2D eigenvalue weighted by atomic mass is 16.7. The molecule has 2 saturated carbocycles. The third-order valence-electron chi connectivity index (χ3n) is 8.00. The summed E-state index contributed by atoms with van der Waals surface area (Å²) in [5.41, 5.74) is 3.09. The van der Waals surface area contributed by atoms with Crippen LogP contribution in [0.3, 0.4) is 0 Å². The van der Waals surface area contributed by atoms with Crippen molar-refractivity contribution in [1.29, 1.82) is 0 Å². The van der Waals surface area contributed by atoms with Gasteiger partial charge in [0.05, 0.1) is 16.7 Å². The van der Waals surface area contributed by atoms with Crippen LogP contribution in [0.15, 0.2) is 53.7 Å². The Morgan fingerprint density at radius 2 is 1.48 bits per heavy atom. The van der Waals surface area contributed by atoms with Gasteiger partial charge in [0.25, 0.3) is 0 Å². The molecule has 1 amide bonds. The van der Waals surface area contributed by atoms with Crippen LogP contribution in [0.4, 0.5) is 5.69 Å². The number of anilines is 1. The van der Waals surface area contributed by atoms with E-state index in [0.717, 1.165) is 35.4 Å². The molecule has 2 aliphatic carbocycles. The number of amides is 1. The molecule has 2 fully saturated rings. The predicted octanol–water partition coefficient (Wildman–Crippen LogP) is 5.67. The maximum atomic E-state index is 13.5. The molecule has 162 valence electrons. The molecule has 2 atom stereocenters. The Kier molecular flexibility index (Phi) is 5.03. The molecule has 0 heterocycles. The van der Waals surface area contributed by atoms with Gasteiger partial charge in [0.1, 0.15) is 0 Å². The first kappa shape index (κ1) is 21.3. The van der Waals surface area contributed by atoms with Crippen molar-refractivity contribution in [2.75, 3.05) is 5.32 Å². The van der Waals surface area contributed by atoms with Crippen LogP contribution in [0.5, 0.6) is 0 Å². The van der Waals surface area contributed by atoms with Gasteiger partial charge < -0.3 is 10.2 Å². The number of nitrogens with one attached hydrogen (secondary N) is 1. The van der Waals surface area contributed by atoms with E-state index in [1.54, 1.807) is 12.1 Å². The Balaban J connectivity index is 1.57. The number of hydrogen-bond acceptors (Lipinski definition) is 4. The highest BCUT2D eigenvalue weighted by molar-refractivity contribution is 6.06. The highest BCUT2D eigenvalue weighted by Crippen LogP contribution is 2.71. The molecule has 2 unspecified atom stereocenters. The summed E-state index contributed by atoms with van der Waals surface area (Å²) in [4.78, 5) is 31.3. The topological polar surface area (TPSA) is 67.8 Å². The van der Waals surface area contributed by atoms with Crippen LogP contribution in [-0.2, 0) is 9.63 Å². The molecule has 4 rings (SSSR count). The van der Waals surface area contributed by atoms with Gasteiger partial charge in [0.15, 0.2) is 0 Å². The van der Waals surface area contributed by atoms with Crippen molar-refractivity contribution in [3.05, 3.63) is 65.2 Å². The average Bonchev–Trinajstić information content (AvgIpc) is 3.05. The van der Waals surface area contributed by atoms with Crippen LogP contribution in [0, 0.1) is 30.1 Å². The van der Waals surface area contributed by atoms with E-state index in [0.29, 0.717) is 12.0 Å². The minimum Gasteiger partial charge on any atom is -0.326 e. The van der Waals surface area contributed by atoms with Gasteiger partial charge in [-0.25, -0.2) is 4.79 Å². The summed E-state index contributed by atoms with van der Waals surface area (Å²) in [6.45, 7) is 10.4. The molecule has 2 aliphatic rings. The van der Waals surface area contributed by atoms with Gasteiger partial charge in [-0.15, -0.1) is 0 Å². The lowest BCUT2D eigenvalue weighted by Crippen LogP contribution is -2.43. The lowest BCUT2D eigenvalue weighted by Gasteiger charge is -2.39. The highest BCUT2D eigenvalue weighted by Gasteiger charge is 2.71. The lowest BCUT2D eigenvalue weighted by atomic mass is 9.64. The normalized spacial score (nSPS) is 27.3. The Hall–Kier alpha value is -2.95. The Morgan fingerprint density at radius 1 is 0.903 bits per heavy atom. The van der Waals surface area contributed by atoms with Crippen LogP contribution in [0.1, 0.15) is 61.5 Å². The summed E-state index contributed by atoms with van der Waals surface area (Å²) in [5.74, 6) is -0.463. The number of rotatable bonds is 4. The number of carbonyl (C=O) groups is 2. The van der Waals surface area contributed by atoms with Crippen molar-refractivity contribution in [2.45, 2.75) is 53.9 Å². The van der Waals surface area contributed by atoms with E-state index in [1.807, 2.05) is 50.2 Å².